The number of nitrogens with one attached hydrogen (secondary N) is 1. The number of hydrogen-bond acceptors (Lipinski definition) is 4. The molecule has 0 spiro atoms. The number of anilines is 1. The summed E-state index contributed by atoms with van der Waals surface area (Å²) in [6.45, 7) is 3.96. The molecule has 1 fully saturated rings. The van der Waals surface area contributed by atoms with Crippen LogP contribution in [0.1, 0.15) is 36.9 Å². The molecule has 1 amide bonds. The van der Waals surface area contributed by atoms with Crippen molar-refractivity contribution in [1.29, 1.82) is 0 Å². The number of para-hydroxylation sites is 1. The highest BCUT2D eigenvalue weighted by molar-refractivity contribution is 5.94. The second-order valence-corrected chi connectivity index (χ2v) is 8.64. The van der Waals surface area contributed by atoms with Crippen molar-refractivity contribution in [2.75, 3.05) is 31.6 Å². The van der Waals surface area contributed by atoms with Gasteiger partial charge < -0.3 is 15.0 Å². The Labute approximate surface area is 189 Å². The van der Waals surface area contributed by atoms with Crippen LogP contribution in [0.5, 0.6) is 5.75 Å². The first-order valence-corrected chi connectivity index (χ1v) is 11.6. The Kier molecular flexibility index (Phi) is 6.17. The molecule has 32 heavy (non-hydrogen) atoms. The zero-order valence-corrected chi connectivity index (χ0v) is 18.3. The van der Waals surface area contributed by atoms with Gasteiger partial charge in [-0.15, -0.1) is 0 Å². The van der Waals surface area contributed by atoms with Crippen LogP contribution in [0.4, 0.5) is 5.69 Å². The number of amides is 1. The van der Waals surface area contributed by atoms with Crippen LogP contribution in [0.3, 0.4) is 0 Å². The highest BCUT2D eigenvalue weighted by atomic mass is 16.5. The topological polar surface area (TPSA) is 54.5 Å². The first kappa shape index (κ1) is 20.7. The van der Waals surface area contributed by atoms with Crippen molar-refractivity contribution in [3.05, 3.63) is 71.4 Å². The second-order valence-electron chi connectivity index (χ2n) is 8.64. The number of ether oxygens (including phenoxy) is 1. The van der Waals surface area contributed by atoms with E-state index >= 15 is 0 Å². The van der Waals surface area contributed by atoms with Crippen molar-refractivity contribution in [1.82, 2.24) is 9.88 Å². The van der Waals surface area contributed by atoms with E-state index in [1.165, 1.54) is 16.5 Å². The summed E-state index contributed by atoms with van der Waals surface area (Å²) in [7, 11) is 0. The van der Waals surface area contributed by atoms with Crippen LogP contribution in [0.15, 0.2) is 60.2 Å². The third-order valence-electron chi connectivity index (χ3n) is 6.33. The van der Waals surface area contributed by atoms with Crippen LogP contribution in [0.25, 0.3) is 17.0 Å². The van der Waals surface area contributed by atoms with Crippen LogP contribution in [-0.4, -0.2) is 42.0 Å². The van der Waals surface area contributed by atoms with E-state index < -0.39 is 0 Å². The smallest absolute Gasteiger partial charge is 0.224 e. The monoisotopic (exact) mass is 427 g/mol. The average Bonchev–Trinajstić information content (AvgIpc) is 2.83. The Bertz CT molecular complexity index is 1140. The maximum absolute atomic E-state index is 11.5. The number of piperidine rings is 1. The summed E-state index contributed by atoms with van der Waals surface area (Å²) in [4.78, 5) is 18.8. The number of carbonyl (C=O) groups is 1. The molecule has 5 rings (SSSR count). The molecule has 164 valence electrons. The lowest BCUT2D eigenvalue weighted by Crippen LogP contribution is -2.32. The molecule has 0 bridgehead atoms. The van der Waals surface area contributed by atoms with Gasteiger partial charge in [-0.2, -0.15) is 0 Å². The molecule has 0 unspecified atom stereocenters. The molecule has 5 heteroatoms. The predicted octanol–water partition coefficient (Wildman–Crippen LogP) is 5.07. The minimum atomic E-state index is 0.0965. The quantitative estimate of drug-likeness (QED) is 0.558. The number of carbonyl (C=O) groups excluding carboxylic acids is 1. The number of pyridine rings is 1. The van der Waals surface area contributed by atoms with E-state index in [9.17, 15) is 4.79 Å². The average molecular weight is 428 g/mol. The molecular formula is C27H29N3O2. The number of aromatic nitrogens is 1. The summed E-state index contributed by atoms with van der Waals surface area (Å²) < 4.78 is 5.97. The SMILES string of the molecule is O=C1CCc2cc(OCCCN3CCC(=Cc4ccc5ccccc5n4)CC3)ccc2N1. The third kappa shape index (κ3) is 5.00. The van der Waals surface area contributed by atoms with Crippen molar-refractivity contribution in [2.24, 2.45) is 0 Å². The van der Waals surface area contributed by atoms with E-state index in [4.69, 9.17) is 9.72 Å². The van der Waals surface area contributed by atoms with Crippen molar-refractivity contribution >= 4 is 28.6 Å². The maximum Gasteiger partial charge on any atom is 0.224 e. The molecule has 1 N–H and O–H groups in total. The van der Waals surface area contributed by atoms with E-state index in [0.29, 0.717) is 13.0 Å². The van der Waals surface area contributed by atoms with Crippen LogP contribution in [-0.2, 0) is 11.2 Å². The Morgan fingerprint density at radius 3 is 2.78 bits per heavy atom. The fraction of sp³-hybridized carbons (Fsp3) is 0.333. The number of likely N-dealkylation sites (tertiary alicyclic amines) is 1. The zero-order chi connectivity index (χ0) is 21.8. The fourth-order valence-electron chi connectivity index (χ4n) is 4.51. The van der Waals surface area contributed by atoms with Gasteiger partial charge in [0.05, 0.1) is 17.8 Å². The van der Waals surface area contributed by atoms with Gasteiger partial charge in [0.25, 0.3) is 0 Å². The van der Waals surface area contributed by atoms with Crippen LogP contribution in [0.2, 0.25) is 0 Å². The molecule has 0 radical (unpaired) electrons. The summed E-state index contributed by atoms with van der Waals surface area (Å²) in [6.07, 6.45) is 6.83. The molecule has 3 aromatic rings. The molecule has 2 aromatic carbocycles. The van der Waals surface area contributed by atoms with Crippen molar-refractivity contribution in [3.8, 4) is 5.75 Å². The number of nitrogens with zero attached hydrogens (tertiary/aromatic N) is 2. The number of fused-ring (bicyclic) bond motifs is 2. The highest BCUT2D eigenvalue weighted by Gasteiger charge is 2.16. The molecule has 0 atom stereocenters. The standard InChI is InChI=1S/C27H29N3O2/c31-27-11-7-22-19-24(9-10-26(22)29-27)32-17-3-14-30-15-12-20(13-16-30)18-23-8-6-21-4-1-2-5-25(21)28-23/h1-2,4-6,8-10,18-19H,3,7,11-17H2,(H,29,31). The van der Waals surface area contributed by atoms with E-state index in [1.54, 1.807) is 0 Å². The lowest BCUT2D eigenvalue weighted by molar-refractivity contribution is -0.116. The molecule has 3 heterocycles. The van der Waals surface area contributed by atoms with Crippen molar-refractivity contribution < 1.29 is 9.53 Å². The normalized spacial score (nSPS) is 16.5. The van der Waals surface area contributed by atoms with E-state index in [2.05, 4.69) is 52.7 Å². The zero-order valence-electron chi connectivity index (χ0n) is 18.3. The molecule has 0 aliphatic carbocycles. The van der Waals surface area contributed by atoms with Gasteiger partial charge in [-0.25, -0.2) is 4.98 Å². The predicted molar refractivity (Wildman–Crippen MR) is 129 cm³/mol. The number of aryl methyl sites for hydroxylation is 1. The van der Waals surface area contributed by atoms with E-state index in [0.717, 1.165) is 68.0 Å². The van der Waals surface area contributed by atoms with Gasteiger partial charge in [0, 0.05) is 37.1 Å². The van der Waals surface area contributed by atoms with Gasteiger partial charge in [0.15, 0.2) is 0 Å². The highest BCUT2D eigenvalue weighted by Crippen LogP contribution is 2.27. The number of rotatable bonds is 6. The largest absolute Gasteiger partial charge is 0.494 e. The van der Waals surface area contributed by atoms with Crippen molar-refractivity contribution in [2.45, 2.75) is 32.1 Å². The van der Waals surface area contributed by atoms with Crippen LogP contribution in [0, 0.1) is 0 Å². The lowest BCUT2D eigenvalue weighted by atomic mass is 10.0. The second kappa shape index (κ2) is 9.53. The summed E-state index contributed by atoms with van der Waals surface area (Å²) in [5.41, 5.74) is 5.69. The molecule has 2 aliphatic rings. The summed E-state index contributed by atoms with van der Waals surface area (Å²) in [5.74, 6) is 0.992. The van der Waals surface area contributed by atoms with Gasteiger partial charge in [0.1, 0.15) is 5.75 Å². The third-order valence-corrected chi connectivity index (χ3v) is 6.33. The van der Waals surface area contributed by atoms with Gasteiger partial charge in [0.2, 0.25) is 5.91 Å². The van der Waals surface area contributed by atoms with Crippen LogP contribution >= 0.6 is 0 Å². The van der Waals surface area contributed by atoms with Gasteiger partial charge in [-0.05, 0) is 67.7 Å². The Hall–Kier alpha value is -3.18. The molecule has 0 saturated carbocycles. The molecule has 5 nitrogen and oxygen atoms in total. The summed E-state index contributed by atoms with van der Waals surface area (Å²) >= 11 is 0. The minimum Gasteiger partial charge on any atom is -0.494 e. The first-order chi connectivity index (χ1) is 15.7. The van der Waals surface area contributed by atoms with Crippen molar-refractivity contribution in [3.63, 3.8) is 0 Å². The fourth-order valence-corrected chi connectivity index (χ4v) is 4.51. The van der Waals surface area contributed by atoms with Gasteiger partial charge in [-0.1, -0.05) is 29.8 Å². The minimum absolute atomic E-state index is 0.0965. The molecule has 2 aliphatic heterocycles. The van der Waals surface area contributed by atoms with Gasteiger partial charge in [-0.3, -0.25) is 4.79 Å². The first-order valence-electron chi connectivity index (χ1n) is 11.6. The molecule has 1 aromatic heterocycles. The molecular weight excluding hydrogens is 398 g/mol. The Balaban J connectivity index is 1.06. The number of benzene rings is 2. The van der Waals surface area contributed by atoms with E-state index in [1.807, 2.05) is 18.2 Å². The number of hydrogen-bond donors (Lipinski definition) is 1. The summed E-state index contributed by atoms with van der Waals surface area (Å²) in [5, 5.41) is 4.10. The van der Waals surface area contributed by atoms with E-state index in [-0.39, 0.29) is 5.91 Å². The lowest BCUT2D eigenvalue weighted by Gasteiger charge is -2.28. The van der Waals surface area contributed by atoms with Crippen LogP contribution < -0.4 is 10.1 Å². The Morgan fingerprint density at radius 2 is 1.88 bits per heavy atom. The summed E-state index contributed by atoms with van der Waals surface area (Å²) in [6, 6.07) is 18.5. The Morgan fingerprint density at radius 1 is 1.00 bits per heavy atom. The maximum atomic E-state index is 11.5. The molecule has 1 saturated heterocycles. The van der Waals surface area contributed by atoms with Gasteiger partial charge >= 0.3 is 0 Å².